The molecule has 0 rings (SSSR count). The summed E-state index contributed by atoms with van der Waals surface area (Å²) in [4.78, 5) is 38.2. The van der Waals surface area contributed by atoms with Crippen LogP contribution >= 0.6 is 0 Å². The highest BCUT2D eigenvalue weighted by Gasteiger charge is 2.19. The van der Waals surface area contributed by atoms with Gasteiger partial charge in [0.15, 0.2) is 6.10 Å². The van der Waals surface area contributed by atoms with Gasteiger partial charge in [0.1, 0.15) is 13.2 Å². The second kappa shape index (κ2) is 65.6. The van der Waals surface area contributed by atoms with Crippen molar-refractivity contribution in [1.82, 2.24) is 0 Å². The van der Waals surface area contributed by atoms with Crippen LogP contribution in [0.15, 0.2) is 60.8 Å². The smallest absolute Gasteiger partial charge is 0.306 e. The Morgan fingerprint density at radius 2 is 0.506 bits per heavy atom. The molecule has 1 atom stereocenters. The molecule has 0 saturated carbocycles. The molecule has 0 fully saturated rings. The summed E-state index contributed by atoms with van der Waals surface area (Å²) in [6.07, 6.45) is 84.2. The van der Waals surface area contributed by atoms with Gasteiger partial charge in [-0.05, 0) is 83.5 Å². The summed E-state index contributed by atoms with van der Waals surface area (Å²) in [5, 5.41) is 0. The third-order valence-corrected chi connectivity index (χ3v) is 15.0. The van der Waals surface area contributed by atoms with Crippen LogP contribution in [0, 0.1) is 0 Å². The van der Waals surface area contributed by atoms with Gasteiger partial charge in [-0.15, -0.1) is 0 Å². The van der Waals surface area contributed by atoms with E-state index < -0.39 is 6.10 Å². The summed E-state index contributed by atoms with van der Waals surface area (Å²) in [7, 11) is 0. The lowest BCUT2D eigenvalue weighted by molar-refractivity contribution is -0.167. The summed E-state index contributed by atoms with van der Waals surface area (Å²) in [5.41, 5.74) is 0. The van der Waals surface area contributed by atoms with Crippen LogP contribution in [0.5, 0.6) is 0 Å². The predicted molar refractivity (Wildman–Crippen MR) is 335 cm³/mol. The maximum absolute atomic E-state index is 12.8. The molecule has 0 bridgehead atoms. The quantitative estimate of drug-likeness (QED) is 0.0261. The zero-order chi connectivity index (χ0) is 55.7. The van der Waals surface area contributed by atoms with Gasteiger partial charge in [-0.3, -0.25) is 14.4 Å². The van der Waals surface area contributed by atoms with Crippen LogP contribution in [0.25, 0.3) is 0 Å². The number of hydrogen-bond acceptors (Lipinski definition) is 6. The zero-order valence-corrected chi connectivity index (χ0v) is 51.5. The Morgan fingerprint density at radius 3 is 0.831 bits per heavy atom. The van der Waals surface area contributed by atoms with E-state index in [1.54, 1.807) is 0 Å². The van der Waals surface area contributed by atoms with Gasteiger partial charge in [0.2, 0.25) is 0 Å². The molecule has 0 heterocycles. The standard InChI is InChI=1S/C71H128O6/c1-4-7-10-13-16-19-22-24-26-27-28-29-30-31-32-33-34-35-36-37-38-39-40-41-42-43-45-46-49-52-55-58-61-64-70(73)76-67-68(66-75-69(72)63-60-57-54-51-48-21-18-15-12-9-6-3)77-71(74)65-62-59-56-53-50-47-44-25-23-20-17-14-11-8-5-2/h8,11,17,20,25,27-28,44,50,53,68H,4-7,9-10,12-16,18-19,21-24,26,29-43,45-49,51-52,54-67H2,1-3H3/b11-8-,20-17-,28-27-,44-25-,53-50-. The highest BCUT2D eigenvalue weighted by atomic mass is 16.6. The van der Waals surface area contributed by atoms with Crippen molar-refractivity contribution in [2.24, 2.45) is 0 Å². The molecule has 0 aliphatic rings. The van der Waals surface area contributed by atoms with E-state index in [-0.39, 0.29) is 37.5 Å². The lowest BCUT2D eigenvalue weighted by Crippen LogP contribution is -2.30. The van der Waals surface area contributed by atoms with Crippen LogP contribution in [0.4, 0.5) is 0 Å². The fourth-order valence-electron chi connectivity index (χ4n) is 9.96. The first-order valence-corrected chi connectivity index (χ1v) is 33.8. The van der Waals surface area contributed by atoms with Crippen LogP contribution in [0.3, 0.4) is 0 Å². The molecule has 0 spiro atoms. The third kappa shape index (κ3) is 63.8. The molecule has 0 aromatic rings. The normalized spacial score (nSPS) is 12.4. The second-order valence-electron chi connectivity index (χ2n) is 22.7. The lowest BCUT2D eigenvalue weighted by Gasteiger charge is -2.18. The number of carbonyl (C=O) groups excluding carboxylic acids is 3. The Balaban J connectivity index is 4.08. The first kappa shape index (κ1) is 74.1. The largest absolute Gasteiger partial charge is 0.462 e. The lowest BCUT2D eigenvalue weighted by atomic mass is 10.0. The molecule has 0 amide bonds. The number of rotatable bonds is 62. The van der Waals surface area contributed by atoms with E-state index in [9.17, 15) is 14.4 Å². The minimum Gasteiger partial charge on any atom is -0.462 e. The Bertz CT molecular complexity index is 1380. The van der Waals surface area contributed by atoms with E-state index in [4.69, 9.17) is 14.2 Å². The van der Waals surface area contributed by atoms with Crippen molar-refractivity contribution in [2.45, 2.75) is 361 Å². The number of allylic oxidation sites excluding steroid dienone is 10. The van der Waals surface area contributed by atoms with Gasteiger partial charge in [0, 0.05) is 19.3 Å². The summed E-state index contributed by atoms with van der Waals surface area (Å²) in [6.45, 7) is 6.52. The van der Waals surface area contributed by atoms with Gasteiger partial charge >= 0.3 is 17.9 Å². The minimum atomic E-state index is -0.793. The van der Waals surface area contributed by atoms with E-state index in [1.807, 2.05) is 0 Å². The fourth-order valence-corrected chi connectivity index (χ4v) is 9.96. The van der Waals surface area contributed by atoms with Crippen LogP contribution in [0.1, 0.15) is 355 Å². The van der Waals surface area contributed by atoms with Gasteiger partial charge in [-0.25, -0.2) is 0 Å². The van der Waals surface area contributed by atoms with Crippen LogP contribution in [0.2, 0.25) is 0 Å². The molecule has 77 heavy (non-hydrogen) atoms. The van der Waals surface area contributed by atoms with E-state index >= 15 is 0 Å². The summed E-state index contributed by atoms with van der Waals surface area (Å²) in [5.74, 6) is -0.912. The monoisotopic (exact) mass is 1080 g/mol. The van der Waals surface area contributed by atoms with E-state index in [0.29, 0.717) is 19.3 Å². The molecular weight excluding hydrogens is 949 g/mol. The number of hydrogen-bond donors (Lipinski definition) is 0. The Hall–Kier alpha value is -2.89. The second-order valence-corrected chi connectivity index (χ2v) is 22.7. The molecule has 448 valence electrons. The molecule has 6 heteroatoms. The van der Waals surface area contributed by atoms with Crippen molar-refractivity contribution in [1.29, 1.82) is 0 Å². The Kier molecular flexibility index (Phi) is 63.2. The molecule has 0 saturated heterocycles. The maximum atomic E-state index is 12.8. The van der Waals surface area contributed by atoms with Crippen molar-refractivity contribution in [3.63, 3.8) is 0 Å². The number of ether oxygens (including phenoxy) is 3. The first-order valence-electron chi connectivity index (χ1n) is 33.8. The van der Waals surface area contributed by atoms with E-state index in [0.717, 1.165) is 77.0 Å². The molecular formula is C71H128O6. The Labute approximate surface area is 479 Å². The van der Waals surface area contributed by atoms with Crippen molar-refractivity contribution in [3.05, 3.63) is 60.8 Å². The molecule has 0 aromatic heterocycles. The minimum absolute atomic E-state index is 0.0867. The molecule has 0 aromatic carbocycles. The maximum Gasteiger partial charge on any atom is 0.306 e. The number of esters is 3. The van der Waals surface area contributed by atoms with Gasteiger partial charge < -0.3 is 14.2 Å². The van der Waals surface area contributed by atoms with Gasteiger partial charge in [0.25, 0.3) is 0 Å². The third-order valence-electron chi connectivity index (χ3n) is 15.0. The predicted octanol–water partition coefficient (Wildman–Crippen LogP) is 23.1. The highest BCUT2D eigenvalue weighted by molar-refractivity contribution is 5.71. The summed E-state index contributed by atoms with van der Waals surface area (Å²) >= 11 is 0. The van der Waals surface area contributed by atoms with Crippen molar-refractivity contribution in [2.75, 3.05) is 13.2 Å². The Morgan fingerprint density at radius 1 is 0.273 bits per heavy atom. The van der Waals surface area contributed by atoms with Gasteiger partial charge in [0.05, 0.1) is 0 Å². The highest BCUT2D eigenvalue weighted by Crippen LogP contribution is 2.18. The molecule has 0 aliphatic carbocycles. The average molecular weight is 1080 g/mol. The van der Waals surface area contributed by atoms with Crippen LogP contribution in [-0.4, -0.2) is 37.2 Å². The molecule has 0 radical (unpaired) electrons. The van der Waals surface area contributed by atoms with Gasteiger partial charge in [-0.2, -0.15) is 0 Å². The van der Waals surface area contributed by atoms with Crippen molar-refractivity contribution < 1.29 is 28.6 Å². The van der Waals surface area contributed by atoms with Crippen LogP contribution in [-0.2, 0) is 28.6 Å². The summed E-state index contributed by atoms with van der Waals surface area (Å²) < 4.78 is 16.9. The molecule has 0 aliphatic heterocycles. The molecule has 6 nitrogen and oxygen atoms in total. The summed E-state index contributed by atoms with van der Waals surface area (Å²) in [6, 6.07) is 0. The van der Waals surface area contributed by atoms with Crippen LogP contribution < -0.4 is 0 Å². The number of carbonyl (C=O) groups is 3. The van der Waals surface area contributed by atoms with Crippen molar-refractivity contribution >= 4 is 17.9 Å². The molecule has 0 N–H and O–H groups in total. The van der Waals surface area contributed by atoms with Crippen molar-refractivity contribution in [3.8, 4) is 0 Å². The SMILES string of the molecule is CC/C=C\C/C=C\C/C=C\C/C=C\CCCCC(=O)OC(COC(=O)CCCCCCCCCCCCC)COC(=O)CCCCCCCCCCCCCCCCCCCCCCC/C=C\CCCCCCCCCC. The fraction of sp³-hybridized carbons (Fsp3) is 0.817. The average Bonchev–Trinajstić information content (AvgIpc) is 3.43. The first-order chi connectivity index (χ1) is 38.0. The molecule has 1 unspecified atom stereocenters. The van der Waals surface area contributed by atoms with E-state index in [2.05, 4.69) is 81.5 Å². The topological polar surface area (TPSA) is 78.9 Å². The van der Waals surface area contributed by atoms with E-state index in [1.165, 1.54) is 231 Å². The zero-order valence-electron chi connectivity index (χ0n) is 51.5. The van der Waals surface area contributed by atoms with Gasteiger partial charge in [-0.1, -0.05) is 313 Å². The number of unbranched alkanes of at least 4 members (excludes halogenated alkanes) is 41.